The van der Waals surface area contributed by atoms with Gasteiger partial charge in [-0.05, 0) is 43.9 Å². The highest BCUT2D eigenvalue weighted by atomic mass is 32.1. The molecule has 1 amide bonds. The minimum absolute atomic E-state index is 0.143. The van der Waals surface area contributed by atoms with Crippen molar-refractivity contribution in [2.75, 3.05) is 38.1 Å². The highest BCUT2D eigenvalue weighted by molar-refractivity contribution is 7.16. The van der Waals surface area contributed by atoms with Gasteiger partial charge in [0, 0.05) is 31.1 Å². The maximum Gasteiger partial charge on any atom is 0.310 e. The number of rotatable bonds is 7. The van der Waals surface area contributed by atoms with Gasteiger partial charge >= 0.3 is 5.97 Å². The molecule has 174 valence electrons. The third kappa shape index (κ3) is 5.80. The number of hydrogen-bond acceptors (Lipinski definition) is 7. The average Bonchev–Trinajstić information content (AvgIpc) is 3.16. The van der Waals surface area contributed by atoms with E-state index in [0.29, 0.717) is 23.7 Å². The van der Waals surface area contributed by atoms with E-state index in [4.69, 9.17) is 4.74 Å². The Hall–Kier alpha value is -2.73. The summed E-state index contributed by atoms with van der Waals surface area (Å²) in [6, 6.07) is 12.7. The number of piperidine rings is 1. The van der Waals surface area contributed by atoms with Gasteiger partial charge in [-0.3, -0.25) is 19.4 Å². The Morgan fingerprint density at radius 1 is 1.24 bits per heavy atom. The molecule has 33 heavy (non-hydrogen) atoms. The normalized spacial score (nSPS) is 18.8. The zero-order valence-electron chi connectivity index (χ0n) is 19.0. The highest BCUT2D eigenvalue weighted by Gasteiger charge is 2.29. The number of carbonyl (C=O) groups excluding carboxylic acids is 2. The Kier molecular flexibility index (Phi) is 7.76. The Morgan fingerprint density at radius 3 is 2.82 bits per heavy atom. The summed E-state index contributed by atoms with van der Waals surface area (Å²) in [7, 11) is 0. The third-order valence-corrected chi connectivity index (χ3v) is 7.37. The van der Waals surface area contributed by atoms with E-state index in [0.717, 1.165) is 55.9 Å². The molecule has 2 aromatic rings. The number of nitriles is 1. The second-order valence-corrected chi connectivity index (χ2v) is 9.75. The van der Waals surface area contributed by atoms with E-state index in [9.17, 15) is 14.9 Å². The number of likely N-dealkylation sites (tertiary alicyclic amines) is 1. The summed E-state index contributed by atoms with van der Waals surface area (Å²) in [6.45, 7) is 6.26. The van der Waals surface area contributed by atoms with Crippen LogP contribution in [-0.4, -0.2) is 54.5 Å². The molecule has 1 fully saturated rings. The topological polar surface area (TPSA) is 85.7 Å². The predicted octanol–water partition coefficient (Wildman–Crippen LogP) is 3.39. The van der Waals surface area contributed by atoms with Crippen LogP contribution in [0.2, 0.25) is 0 Å². The van der Waals surface area contributed by atoms with Gasteiger partial charge in [0.2, 0.25) is 5.91 Å². The largest absolute Gasteiger partial charge is 0.466 e. The molecule has 0 spiro atoms. The first-order chi connectivity index (χ1) is 16.1. The standard InChI is InChI=1S/C25H30N4O3S/c1-2-32-25(31)19-9-6-11-28(15-19)17-23(30)27-24-21(13-26)20-10-12-29(16-22(20)33-24)14-18-7-4-3-5-8-18/h3-5,7-8,19H,2,6,9-12,14-17H2,1H3,(H,27,30)/t19-/m0/s1. The number of hydrogen-bond donors (Lipinski definition) is 1. The predicted molar refractivity (Wildman–Crippen MR) is 128 cm³/mol. The number of fused-ring (bicyclic) bond motifs is 1. The zero-order chi connectivity index (χ0) is 23.2. The summed E-state index contributed by atoms with van der Waals surface area (Å²) in [5.74, 6) is -0.498. The smallest absolute Gasteiger partial charge is 0.310 e. The van der Waals surface area contributed by atoms with Gasteiger partial charge in [-0.2, -0.15) is 5.26 Å². The summed E-state index contributed by atoms with van der Waals surface area (Å²) in [4.78, 5) is 30.4. The van der Waals surface area contributed by atoms with E-state index in [1.165, 1.54) is 16.9 Å². The maximum atomic E-state index is 12.8. The van der Waals surface area contributed by atoms with Crippen molar-refractivity contribution in [1.82, 2.24) is 9.80 Å². The average molecular weight is 467 g/mol. The molecule has 0 radical (unpaired) electrons. The van der Waals surface area contributed by atoms with Crippen molar-refractivity contribution in [1.29, 1.82) is 5.26 Å². The van der Waals surface area contributed by atoms with Crippen molar-refractivity contribution in [3.05, 3.63) is 51.9 Å². The summed E-state index contributed by atoms with van der Waals surface area (Å²) in [5.41, 5.74) is 2.95. The third-order valence-electron chi connectivity index (χ3n) is 6.24. The SMILES string of the molecule is CCOC(=O)[C@H]1CCCN(CC(=O)Nc2sc3c(c2C#N)CCN(Cc2ccccc2)C3)C1. The fourth-order valence-corrected chi connectivity index (χ4v) is 5.92. The molecule has 1 saturated heterocycles. The molecule has 3 heterocycles. The van der Waals surface area contributed by atoms with E-state index >= 15 is 0 Å². The first-order valence-corrected chi connectivity index (χ1v) is 12.4. The van der Waals surface area contributed by atoms with Gasteiger partial charge in [-0.1, -0.05) is 30.3 Å². The van der Waals surface area contributed by atoms with Crippen molar-refractivity contribution in [2.45, 2.75) is 39.3 Å². The summed E-state index contributed by atoms with van der Waals surface area (Å²) in [6.07, 6.45) is 2.47. The number of thiophene rings is 1. The molecule has 1 N–H and O–H groups in total. The monoisotopic (exact) mass is 466 g/mol. The number of benzene rings is 1. The van der Waals surface area contributed by atoms with Gasteiger partial charge < -0.3 is 10.1 Å². The number of amides is 1. The highest BCUT2D eigenvalue weighted by Crippen LogP contribution is 2.37. The van der Waals surface area contributed by atoms with Crippen LogP contribution in [0.4, 0.5) is 5.00 Å². The molecule has 4 rings (SSSR count). The molecule has 0 unspecified atom stereocenters. The maximum absolute atomic E-state index is 12.8. The number of nitrogens with zero attached hydrogens (tertiary/aromatic N) is 3. The Bertz CT molecular complexity index is 1030. The minimum Gasteiger partial charge on any atom is -0.466 e. The van der Waals surface area contributed by atoms with Crippen LogP contribution in [0.3, 0.4) is 0 Å². The molecule has 2 aliphatic heterocycles. The van der Waals surface area contributed by atoms with Gasteiger partial charge in [0.1, 0.15) is 11.1 Å². The van der Waals surface area contributed by atoms with Crippen LogP contribution in [0.1, 0.15) is 41.3 Å². The van der Waals surface area contributed by atoms with Crippen LogP contribution < -0.4 is 5.32 Å². The van der Waals surface area contributed by atoms with Gasteiger partial charge in [0.25, 0.3) is 0 Å². The molecule has 1 aromatic heterocycles. The molecular formula is C25H30N4O3S. The lowest BCUT2D eigenvalue weighted by atomic mass is 9.98. The number of ether oxygens (including phenoxy) is 1. The van der Waals surface area contributed by atoms with E-state index < -0.39 is 0 Å². The van der Waals surface area contributed by atoms with Crippen molar-refractivity contribution in [2.24, 2.45) is 5.92 Å². The second-order valence-electron chi connectivity index (χ2n) is 8.64. The molecule has 2 aliphatic rings. The quantitative estimate of drug-likeness (QED) is 0.630. The Balaban J connectivity index is 1.37. The Morgan fingerprint density at radius 2 is 2.06 bits per heavy atom. The van der Waals surface area contributed by atoms with Crippen molar-refractivity contribution < 1.29 is 14.3 Å². The van der Waals surface area contributed by atoms with Crippen LogP contribution in [-0.2, 0) is 33.8 Å². The van der Waals surface area contributed by atoms with E-state index in [-0.39, 0.29) is 24.3 Å². The van der Waals surface area contributed by atoms with Gasteiger partial charge in [0.15, 0.2) is 0 Å². The fourth-order valence-electron chi connectivity index (χ4n) is 4.66. The molecule has 1 aromatic carbocycles. The van der Waals surface area contributed by atoms with Crippen LogP contribution in [0, 0.1) is 17.2 Å². The van der Waals surface area contributed by atoms with Crippen molar-refractivity contribution >= 4 is 28.2 Å². The van der Waals surface area contributed by atoms with E-state index in [1.54, 1.807) is 6.92 Å². The number of carbonyl (C=O) groups is 2. The fraction of sp³-hybridized carbons (Fsp3) is 0.480. The molecule has 8 heteroatoms. The van der Waals surface area contributed by atoms with Crippen LogP contribution in [0.25, 0.3) is 0 Å². The lowest BCUT2D eigenvalue weighted by Crippen LogP contribution is -2.43. The second kappa shape index (κ2) is 10.9. The first-order valence-electron chi connectivity index (χ1n) is 11.6. The molecular weight excluding hydrogens is 436 g/mol. The summed E-state index contributed by atoms with van der Waals surface area (Å²) < 4.78 is 5.15. The van der Waals surface area contributed by atoms with Crippen molar-refractivity contribution in [3.63, 3.8) is 0 Å². The summed E-state index contributed by atoms with van der Waals surface area (Å²) >= 11 is 1.51. The number of nitrogens with one attached hydrogen (secondary N) is 1. The molecule has 0 bridgehead atoms. The summed E-state index contributed by atoms with van der Waals surface area (Å²) in [5, 5.41) is 13.4. The van der Waals surface area contributed by atoms with Crippen LogP contribution >= 0.6 is 11.3 Å². The number of anilines is 1. The van der Waals surface area contributed by atoms with E-state index in [2.05, 4.69) is 40.6 Å². The molecule has 0 aliphatic carbocycles. The number of esters is 1. The molecule has 0 saturated carbocycles. The lowest BCUT2D eigenvalue weighted by molar-refractivity contribution is -0.150. The van der Waals surface area contributed by atoms with E-state index in [1.807, 2.05) is 11.0 Å². The van der Waals surface area contributed by atoms with Crippen molar-refractivity contribution in [3.8, 4) is 6.07 Å². The Labute approximate surface area is 198 Å². The molecule has 7 nitrogen and oxygen atoms in total. The van der Waals surface area contributed by atoms with Gasteiger partial charge in [-0.15, -0.1) is 11.3 Å². The zero-order valence-corrected chi connectivity index (χ0v) is 19.8. The minimum atomic E-state index is -0.180. The van der Waals surface area contributed by atoms with Gasteiger partial charge in [0.05, 0.1) is 24.6 Å². The van der Waals surface area contributed by atoms with Crippen LogP contribution in [0.15, 0.2) is 30.3 Å². The van der Waals surface area contributed by atoms with Crippen LogP contribution in [0.5, 0.6) is 0 Å². The molecule has 1 atom stereocenters. The van der Waals surface area contributed by atoms with Gasteiger partial charge in [-0.25, -0.2) is 0 Å². The first kappa shape index (κ1) is 23.4. The lowest BCUT2D eigenvalue weighted by Gasteiger charge is -2.30.